The molecule has 3 nitrogen and oxygen atoms in total. The van der Waals surface area contributed by atoms with Gasteiger partial charge in [-0.2, -0.15) is 0 Å². The van der Waals surface area contributed by atoms with Crippen molar-refractivity contribution in [1.82, 2.24) is 0 Å². The number of aliphatic hydroxyl groups excluding tert-OH is 1. The van der Waals surface area contributed by atoms with Gasteiger partial charge in [0.15, 0.2) is 0 Å². The zero-order valence-electron chi connectivity index (χ0n) is 10.7. The van der Waals surface area contributed by atoms with E-state index in [1.54, 1.807) is 0 Å². The molecule has 0 aromatic heterocycles. The lowest BCUT2D eigenvalue weighted by molar-refractivity contribution is -0.122. The van der Waals surface area contributed by atoms with Crippen LogP contribution in [0.25, 0.3) is 0 Å². The second kappa shape index (κ2) is 6.40. The van der Waals surface area contributed by atoms with Gasteiger partial charge < -0.3 is 10.4 Å². The number of hydrogen-bond acceptors (Lipinski definition) is 2. The fourth-order valence-electron chi connectivity index (χ4n) is 1.77. The number of carbonyl (C=O) groups excluding carboxylic acids is 1. The van der Waals surface area contributed by atoms with Crippen molar-refractivity contribution in [2.24, 2.45) is 11.8 Å². The Labute approximate surface area is 103 Å². The summed E-state index contributed by atoms with van der Waals surface area (Å²) in [5.74, 6) is -0.322. The minimum atomic E-state index is -0.347. The van der Waals surface area contributed by atoms with E-state index in [-0.39, 0.29) is 24.3 Å². The minimum absolute atomic E-state index is 0.108. The van der Waals surface area contributed by atoms with Gasteiger partial charge in [0.05, 0.1) is 12.5 Å². The van der Waals surface area contributed by atoms with Crippen molar-refractivity contribution < 1.29 is 9.90 Å². The monoisotopic (exact) mass is 235 g/mol. The first kappa shape index (κ1) is 13.7. The van der Waals surface area contributed by atoms with E-state index in [1.165, 1.54) is 0 Å². The third-order valence-electron chi connectivity index (χ3n) is 2.99. The van der Waals surface area contributed by atoms with Gasteiger partial charge in [-0.1, -0.05) is 39.0 Å². The third-order valence-corrected chi connectivity index (χ3v) is 2.99. The molecule has 2 N–H and O–H groups in total. The Kier molecular flexibility index (Phi) is 5.16. The summed E-state index contributed by atoms with van der Waals surface area (Å²) in [6, 6.07) is 7.75. The Bertz CT molecular complexity index is 374. The molecule has 1 unspecified atom stereocenters. The van der Waals surface area contributed by atoms with Crippen LogP contribution in [0.4, 0.5) is 5.69 Å². The summed E-state index contributed by atoms with van der Waals surface area (Å²) in [6.45, 7) is 5.81. The van der Waals surface area contributed by atoms with Crippen molar-refractivity contribution in [3.8, 4) is 0 Å². The molecule has 0 fully saturated rings. The molecule has 1 atom stereocenters. The van der Waals surface area contributed by atoms with Crippen LogP contribution in [0.3, 0.4) is 0 Å². The van der Waals surface area contributed by atoms with Crippen molar-refractivity contribution >= 4 is 11.6 Å². The highest BCUT2D eigenvalue weighted by molar-refractivity contribution is 5.93. The first-order valence-electron chi connectivity index (χ1n) is 6.09. The van der Waals surface area contributed by atoms with Gasteiger partial charge in [0.25, 0.3) is 0 Å². The van der Waals surface area contributed by atoms with Crippen LogP contribution in [0.5, 0.6) is 0 Å². The van der Waals surface area contributed by atoms with E-state index in [0.717, 1.165) is 17.7 Å². The maximum atomic E-state index is 12.0. The molecule has 0 saturated carbocycles. The second-order valence-corrected chi connectivity index (χ2v) is 4.53. The Morgan fingerprint density at radius 2 is 2.00 bits per heavy atom. The normalized spacial score (nSPS) is 12.5. The third kappa shape index (κ3) is 3.56. The van der Waals surface area contributed by atoms with Gasteiger partial charge in [0, 0.05) is 5.69 Å². The zero-order chi connectivity index (χ0) is 12.8. The highest BCUT2D eigenvalue weighted by Gasteiger charge is 2.21. The average molecular weight is 235 g/mol. The summed E-state index contributed by atoms with van der Waals surface area (Å²) in [4.78, 5) is 12.0. The quantitative estimate of drug-likeness (QED) is 0.823. The van der Waals surface area contributed by atoms with Crippen LogP contribution in [0.2, 0.25) is 0 Å². The second-order valence-electron chi connectivity index (χ2n) is 4.53. The smallest absolute Gasteiger partial charge is 0.230 e. The Morgan fingerprint density at radius 1 is 1.35 bits per heavy atom. The van der Waals surface area contributed by atoms with Gasteiger partial charge >= 0.3 is 0 Å². The molecule has 1 rings (SSSR count). The fraction of sp³-hybridized carbons (Fsp3) is 0.500. The van der Waals surface area contributed by atoms with Crippen LogP contribution in [0.1, 0.15) is 26.3 Å². The van der Waals surface area contributed by atoms with Crippen LogP contribution < -0.4 is 5.32 Å². The highest BCUT2D eigenvalue weighted by atomic mass is 16.3. The summed E-state index contributed by atoms with van der Waals surface area (Å²) >= 11 is 0. The zero-order valence-corrected chi connectivity index (χ0v) is 10.7. The molecule has 0 aliphatic carbocycles. The van der Waals surface area contributed by atoms with E-state index in [2.05, 4.69) is 12.2 Å². The van der Waals surface area contributed by atoms with Gasteiger partial charge in [-0.25, -0.2) is 0 Å². The van der Waals surface area contributed by atoms with Gasteiger partial charge in [-0.15, -0.1) is 0 Å². The molecular formula is C14H21NO2. The number of amides is 1. The van der Waals surface area contributed by atoms with Crippen LogP contribution in [-0.2, 0) is 11.2 Å². The van der Waals surface area contributed by atoms with E-state index in [9.17, 15) is 9.90 Å². The van der Waals surface area contributed by atoms with E-state index in [4.69, 9.17) is 0 Å². The Morgan fingerprint density at radius 3 is 2.53 bits per heavy atom. The van der Waals surface area contributed by atoms with Gasteiger partial charge in [-0.3, -0.25) is 4.79 Å². The Hall–Kier alpha value is -1.35. The van der Waals surface area contributed by atoms with Crippen molar-refractivity contribution in [1.29, 1.82) is 0 Å². The molecule has 1 aromatic carbocycles. The molecule has 3 heteroatoms. The lowest BCUT2D eigenvalue weighted by atomic mass is 9.95. The predicted octanol–water partition coefficient (Wildman–Crippen LogP) is 2.45. The molecule has 17 heavy (non-hydrogen) atoms. The number of nitrogens with one attached hydrogen (secondary N) is 1. The van der Waals surface area contributed by atoms with E-state index >= 15 is 0 Å². The summed E-state index contributed by atoms with van der Waals surface area (Å²) in [5, 5.41) is 12.1. The van der Waals surface area contributed by atoms with E-state index in [1.807, 2.05) is 38.1 Å². The van der Waals surface area contributed by atoms with E-state index < -0.39 is 0 Å². The molecule has 0 aliphatic rings. The lowest BCUT2D eigenvalue weighted by Gasteiger charge is -2.18. The van der Waals surface area contributed by atoms with Crippen molar-refractivity contribution in [2.45, 2.75) is 27.2 Å². The predicted molar refractivity (Wildman–Crippen MR) is 69.9 cm³/mol. The maximum absolute atomic E-state index is 12.0. The van der Waals surface area contributed by atoms with Crippen molar-refractivity contribution in [3.63, 3.8) is 0 Å². The van der Waals surface area contributed by atoms with Crippen molar-refractivity contribution in [3.05, 3.63) is 29.8 Å². The first-order valence-corrected chi connectivity index (χ1v) is 6.09. The number of para-hydroxylation sites is 1. The molecule has 1 amide bonds. The number of aliphatic hydroxyl groups is 1. The van der Waals surface area contributed by atoms with Gasteiger partial charge in [0.2, 0.25) is 5.91 Å². The number of benzene rings is 1. The SMILES string of the molecule is CCc1ccccc1NC(=O)C(CO)C(C)C. The van der Waals surface area contributed by atoms with E-state index in [0.29, 0.717) is 0 Å². The molecule has 0 heterocycles. The molecular weight excluding hydrogens is 214 g/mol. The minimum Gasteiger partial charge on any atom is -0.396 e. The summed E-state index contributed by atoms with van der Waals surface area (Å²) in [5.41, 5.74) is 1.96. The molecule has 94 valence electrons. The summed E-state index contributed by atoms with van der Waals surface area (Å²) in [7, 11) is 0. The highest BCUT2D eigenvalue weighted by Crippen LogP contribution is 2.18. The lowest BCUT2D eigenvalue weighted by Crippen LogP contribution is -2.30. The summed E-state index contributed by atoms with van der Waals surface area (Å²) in [6.07, 6.45) is 0.877. The fourth-order valence-corrected chi connectivity index (χ4v) is 1.77. The van der Waals surface area contributed by atoms with Gasteiger partial charge in [-0.05, 0) is 24.0 Å². The number of anilines is 1. The standard InChI is InChI=1S/C14H21NO2/c1-4-11-7-5-6-8-13(11)15-14(17)12(9-16)10(2)3/h5-8,10,12,16H,4,9H2,1-3H3,(H,15,17). The van der Waals surface area contributed by atoms with Crippen LogP contribution >= 0.6 is 0 Å². The van der Waals surface area contributed by atoms with Crippen LogP contribution in [0.15, 0.2) is 24.3 Å². The average Bonchev–Trinajstić information content (AvgIpc) is 2.30. The molecule has 0 bridgehead atoms. The van der Waals surface area contributed by atoms with Crippen molar-refractivity contribution in [2.75, 3.05) is 11.9 Å². The molecule has 0 aliphatic heterocycles. The molecule has 0 saturated heterocycles. The largest absolute Gasteiger partial charge is 0.396 e. The topological polar surface area (TPSA) is 49.3 Å². The number of aryl methyl sites for hydroxylation is 1. The molecule has 0 spiro atoms. The summed E-state index contributed by atoms with van der Waals surface area (Å²) < 4.78 is 0. The number of carbonyl (C=O) groups is 1. The van der Waals surface area contributed by atoms with Gasteiger partial charge in [0.1, 0.15) is 0 Å². The first-order chi connectivity index (χ1) is 8.10. The molecule has 0 radical (unpaired) electrons. The number of rotatable bonds is 5. The number of hydrogen-bond donors (Lipinski definition) is 2. The van der Waals surface area contributed by atoms with Crippen LogP contribution in [-0.4, -0.2) is 17.6 Å². The van der Waals surface area contributed by atoms with Crippen LogP contribution in [0, 0.1) is 11.8 Å². The maximum Gasteiger partial charge on any atom is 0.230 e. The Balaban J connectivity index is 2.80. The molecule has 1 aromatic rings.